The zero-order valence-electron chi connectivity index (χ0n) is 11.3. The van der Waals surface area contributed by atoms with Crippen LogP contribution in [0.3, 0.4) is 0 Å². The lowest BCUT2D eigenvalue weighted by Crippen LogP contribution is -2.37. The van der Waals surface area contributed by atoms with Gasteiger partial charge in [-0.15, -0.1) is 0 Å². The highest BCUT2D eigenvalue weighted by molar-refractivity contribution is 4.99. The number of furan rings is 1. The molecular formula is C15H24N2O. The first-order valence-electron chi connectivity index (χ1n) is 7.34. The Balaban J connectivity index is 1.40. The zero-order chi connectivity index (χ0) is 12.4. The predicted octanol–water partition coefficient (Wildman–Crippen LogP) is 2.43. The highest BCUT2D eigenvalue weighted by Gasteiger charge is 2.30. The monoisotopic (exact) mass is 248 g/mol. The average Bonchev–Trinajstić information content (AvgIpc) is 2.87. The highest BCUT2D eigenvalue weighted by Crippen LogP contribution is 2.23. The summed E-state index contributed by atoms with van der Waals surface area (Å²) in [5.41, 5.74) is 0. The highest BCUT2D eigenvalue weighted by atomic mass is 16.3. The first kappa shape index (κ1) is 12.2. The van der Waals surface area contributed by atoms with Crippen LogP contribution in [0.25, 0.3) is 0 Å². The molecule has 2 aliphatic rings. The van der Waals surface area contributed by atoms with Crippen LogP contribution in [-0.2, 0) is 6.42 Å². The molecule has 2 heterocycles. The van der Waals surface area contributed by atoms with Crippen molar-refractivity contribution in [2.24, 2.45) is 0 Å². The van der Waals surface area contributed by atoms with Gasteiger partial charge in [0.15, 0.2) is 0 Å². The maximum atomic E-state index is 5.40. The van der Waals surface area contributed by atoms with E-state index in [0.717, 1.165) is 24.3 Å². The fourth-order valence-corrected chi connectivity index (χ4v) is 2.90. The minimum Gasteiger partial charge on any atom is -0.469 e. The maximum absolute atomic E-state index is 5.40. The van der Waals surface area contributed by atoms with Crippen LogP contribution >= 0.6 is 0 Å². The van der Waals surface area contributed by atoms with Crippen LogP contribution in [0, 0.1) is 0 Å². The van der Waals surface area contributed by atoms with Crippen molar-refractivity contribution in [1.29, 1.82) is 0 Å². The second-order valence-electron chi connectivity index (χ2n) is 5.89. The van der Waals surface area contributed by atoms with E-state index >= 15 is 0 Å². The molecular weight excluding hydrogens is 224 g/mol. The van der Waals surface area contributed by atoms with E-state index in [1.54, 1.807) is 6.26 Å². The Hall–Kier alpha value is -0.800. The predicted molar refractivity (Wildman–Crippen MR) is 72.6 cm³/mol. The summed E-state index contributed by atoms with van der Waals surface area (Å²) in [7, 11) is 0. The van der Waals surface area contributed by atoms with Crippen LogP contribution in [0.4, 0.5) is 0 Å². The Bertz CT molecular complexity index is 359. The van der Waals surface area contributed by atoms with E-state index in [1.807, 2.05) is 6.07 Å². The minimum atomic E-state index is 0.668. The quantitative estimate of drug-likeness (QED) is 0.838. The van der Waals surface area contributed by atoms with Crippen molar-refractivity contribution in [2.75, 3.05) is 13.1 Å². The molecule has 18 heavy (non-hydrogen) atoms. The van der Waals surface area contributed by atoms with E-state index in [4.69, 9.17) is 4.42 Å². The molecule has 3 heteroatoms. The topological polar surface area (TPSA) is 28.4 Å². The summed E-state index contributed by atoms with van der Waals surface area (Å²) >= 11 is 0. The lowest BCUT2D eigenvalue weighted by Gasteiger charge is -2.24. The molecule has 1 aliphatic heterocycles. The van der Waals surface area contributed by atoms with Crippen LogP contribution in [0.1, 0.15) is 38.4 Å². The van der Waals surface area contributed by atoms with E-state index in [-0.39, 0.29) is 0 Å². The molecule has 0 radical (unpaired) electrons. The van der Waals surface area contributed by atoms with Crippen LogP contribution in [0.15, 0.2) is 22.8 Å². The average molecular weight is 248 g/mol. The van der Waals surface area contributed by atoms with Gasteiger partial charge in [-0.25, -0.2) is 0 Å². The third-order valence-corrected chi connectivity index (χ3v) is 4.28. The van der Waals surface area contributed by atoms with Crippen molar-refractivity contribution in [1.82, 2.24) is 10.2 Å². The third kappa shape index (κ3) is 3.15. The van der Waals surface area contributed by atoms with Gasteiger partial charge < -0.3 is 9.73 Å². The lowest BCUT2D eigenvalue weighted by molar-refractivity contribution is 0.237. The number of nitrogens with zero attached hydrogens (tertiary/aromatic N) is 1. The van der Waals surface area contributed by atoms with Gasteiger partial charge in [-0.3, -0.25) is 4.90 Å². The molecule has 0 aromatic carbocycles. The number of aryl methyl sites for hydroxylation is 1. The summed E-state index contributed by atoms with van der Waals surface area (Å²) in [5, 5.41) is 3.75. The molecule has 1 saturated carbocycles. The molecule has 0 spiro atoms. The van der Waals surface area contributed by atoms with Crippen molar-refractivity contribution in [3.8, 4) is 0 Å². The fourth-order valence-electron chi connectivity index (χ4n) is 2.90. The SMILES string of the molecule is CC(CCc1ccco1)N1CCC(NC2CC2)C1. The Kier molecular flexibility index (Phi) is 3.71. The van der Waals surface area contributed by atoms with Crippen molar-refractivity contribution < 1.29 is 4.42 Å². The number of hydrogen-bond donors (Lipinski definition) is 1. The van der Waals surface area contributed by atoms with Gasteiger partial charge in [0.1, 0.15) is 5.76 Å². The van der Waals surface area contributed by atoms with E-state index in [2.05, 4.69) is 23.2 Å². The first-order chi connectivity index (χ1) is 8.81. The van der Waals surface area contributed by atoms with Gasteiger partial charge >= 0.3 is 0 Å². The summed E-state index contributed by atoms with van der Waals surface area (Å²) in [6.45, 7) is 4.84. The van der Waals surface area contributed by atoms with E-state index in [9.17, 15) is 0 Å². The Morgan fingerprint density at radius 3 is 3.00 bits per heavy atom. The largest absolute Gasteiger partial charge is 0.469 e. The molecule has 100 valence electrons. The molecule has 1 aliphatic carbocycles. The van der Waals surface area contributed by atoms with Crippen LogP contribution in [-0.4, -0.2) is 36.1 Å². The molecule has 2 unspecified atom stereocenters. The lowest BCUT2D eigenvalue weighted by atomic mass is 10.1. The summed E-state index contributed by atoms with van der Waals surface area (Å²) in [6, 6.07) is 6.30. The molecule has 2 atom stereocenters. The van der Waals surface area contributed by atoms with Crippen molar-refractivity contribution in [3.05, 3.63) is 24.2 Å². The molecule has 1 N–H and O–H groups in total. The smallest absolute Gasteiger partial charge is 0.103 e. The van der Waals surface area contributed by atoms with Crippen molar-refractivity contribution >= 4 is 0 Å². The van der Waals surface area contributed by atoms with E-state index < -0.39 is 0 Å². The fraction of sp³-hybridized carbons (Fsp3) is 0.733. The van der Waals surface area contributed by atoms with Crippen molar-refractivity contribution in [2.45, 2.75) is 57.2 Å². The van der Waals surface area contributed by atoms with Crippen LogP contribution in [0.5, 0.6) is 0 Å². The van der Waals surface area contributed by atoms with Gasteiger partial charge in [0.25, 0.3) is 0 Å². The van der Waals surface area contributed by atoms with E-state index in [1.165, 1.54) is 38.8 Å². The summed E-state index contributed by atoms with van der Waals surface area (Å²) in [4.78, 5) is 2.63. The van der Waals surface area contributed by atoms with Gasteiger partial charge in [0.05, 0.1) is 6.26 Å². The second kappa shape index (κ2) is 5.45. The van der Waals surface area contributed by atoms with Gasteiger partial charge in [-0.1, -0.05) is 0 Å². The summed E-state index contributed by atoms with van der Waals surface area (Å²) < 4.78 is 5.40. The Morgan fingerprint density at radius 2 is 2.28 bits per heavy atom. The molecule has 1 aromatic rings. The third-order valence-electron chi connectivity index (χ3n) is 4.28. The molecule has 0 bridgehead atoms. The van der Waals surface area contributed by atoms with Gasteiger partial charge in [-0.2, -0.15) is 0 Å². The maximum Gasteiger partial charge on any atom is 0.103 e. The number of nitrogens with one attached hydrogen (secondary N) is 1. The Labute approximate surface area is 110 Å². The molecule has 0 amide bonds. The normalized spacial score (nSPS) is 26.6. The minimum absolute atomic E-state index is 0.668. The second-order valence-corrected chi connectivity index (χ2v) is 5.89. The molecule has 2 fully saturated rings. The molecule has 3 rings (SSSR count). The standard InChI is InChI=1S/C15H24N2O/c1-12(4-7-15-3-2-10-18-15)17-9-8-14(11-17)16-13-5-6-13/h2-3,10,12-14,16H,4-9,11H2,1H3. The number of hydrogen-bond acceptors (Lipinski definition) is 3. The van der Waals surface area contributed by atoms with Gasteiger partial charge in [0.2, 0.25) is 0 Å². The molecule has 1 aromatic heterocycles. The summed E-state index contributed by atoms with van der Waals surface area (Å²) in [5.74, 6) is 1.12. The van der Waals surface area contributed by atoms with E-state index in [0.29, 0.717) is 6.04 Å². The van der Waals surface area contributed by atoms with Crippen molar-refractivity contribution in [3.63, 3.8) is 0 Å². The first-order valence-corrected chi connectivity index (χ1v) is 7.34. The van der Waals surface area contributed by atoms with Gasteiger partial charge in [0, 0.05) is 37.6 Å². The summed E-state index contributed by atoms with van der Waals surface area (Å²) in [6.07, 6.45) is 8.14. The molecule has 3 nitrogen and oxygen atoms in total. The number of likely N-dealkylation sites (tertiary alicyclic amines) is 1. The van der Waals surface area contributed by atoms with Crippen LogP contribution in [0.2, 0.25) is 0 Å². The van der Waals surface area contributed by atoms with Gasteiger partial charge in [-0.05, 0) is 44.7 Å². The number of rotatable bonds is 6. The molecule has 1 saturated heterocycles. The Morgan fingerprint density at radius 1 is 1.39 bits per heavy atom. The zero-order valence-corrected chi connectivity index (χ0v) is 11.3. The van der Waals surface area contributed by atoms with Crippen LogP contribution < -0.4 is 5.32 Å².